The predicted molar refractivity (Wildman–Crippen MR) is 53.4 cm³/mol. The number of rotatable bonds is 2. The Morgan fingerprint density at radius 2 is 2.00 bits per heavy atom. The third kappa shape index (κ3) is 3.57. The molecule has 1 aromatic carbocycles. The van der Waals surface area contributed by atoms with Crippen LogP contribution in [-0.2, 0) is 0 Å². The average Bonchev–Trinajstić information content (AvgIpc) is 2.00. The number of benzene rings is 1. The second kappa shape index (κ2) is 4.21. The number of halogens is 4. The van der Waals surface area contributed by atoms with E-state index in [1.165, 1.54) is 0 Å². The van der Waals surface area contributed by atoms with Crippen LogP contribution in [0.15, 0.2) is 22.7 Å². The summed E-state index contributed by atoms with van der Waals surface area (Å²) in [5.74, 6) is 0. The minimum atomic E-state index is -4.18. The molecule has 0 radical (unpaired) electrons. The molecule has 0 amide bonds. The van der Waals surface area contributed by atoms with Crippen molar-refractivity contribution in [3.63, 3.8) is 0 Å². The van der Waals surface area contributed by atoms with Gasteiger partial charge in [0.25, 0.3) is 0 Å². The van der Waals surface area contributed by atoms with Crippen LogP contribution in [0.25, 0.3) is 0 Å². The summed E-state index contributed by atoms with van der Waals surface area (Å²) < 4.78 is 36.5. The van der Waals surface area contributed by atoms with Gasteiger partial charge in [0.1, 0.15) is 6.54 Å². The van der Waals surface area contributed by atoms with E-state index in [1.54, 1.807) is 25.1 Å². The van der Waals surface area contributed by atoms with E-state index < -0.39 is 12.7 Å². The maximum absolute atomic E-state index is 11.9. The summed E-state index contributed by atoms with van der Waals surface area (Å²) in [5.41, 5.74) is 1.29. The molecule has 0 unspecified atom stereocenters. The van der Waals surface area contributed by atoms with Crippen molar-refractivity contribution in [1.29, 1.82) is 0 Å². The molecule has 0 aromatic heterocycles. The van der Waals surface area contributed by atoms with Crippen molar-refractivity contribution < 1.29 is 13.2 Å². The Hall–Kier alpha value is -0.710. The van der Waals surface area contributed by atoms with Gasteiger partial charge in [-0.2, -0.15) is 13.2 Å². The van der Waals surface area contributed by atoms with Crippen LogP contribution in [0.4, 0.5) is 18.9 Å². The monoisotopic (exact) mass is 267 g/mol. The standard InChI is InChI=1S/C9H9BrF3N/c1-6-4-7(10)2-3-8(6)14-5-9(11,12)13/h2-4,14H,5H2,1H3. The first-order chi connectivity index (χ1) is 6.38. The molecule has 0 saturated heterocycles. The lowest BCUT2D eigenvalue weighted by molar-refractivity contribution is -0.115. The Morgan fingerprint density at radius 3 is 2.50 bits per heavy atom. The van der Waals surface area contributed by atoms with Crippen LogP contribution in [0, 0.1) is 6.92 Å². The van der Waals surface area contributed by atoms with E-state index in [2.05, 4.69) is 21.2 Å². The van der Waals surface area contributed by atoms with E-state index in [0.29, 0.717) is 5.69 Å². The van der Waals surface area contributed by atoms with Crippen LogP contribution >= 0.6 is 15.9 Å². The van der Waals surface area contributed by atoms with Crippen LogP contribution in [0.1, 0.15) is 5.56 Å². The summed E-state index contributed by atoms with van der Waals surface area (Å²) in [6.07, 6.45) is -4.18. The van der Waals surface area contributed by atoms with Gasteiger partial charge in [-0.15, -0.1) is 0 Å². The minimum absolute atomic E-state index is 0.505. The topological polar surface area (TPSA) is 12.0 Å². The van der Waals surface area contributed by atoms with Gasteiger partial charge in [0.2, 0.25) is 0 Å². The van der Waals surface area contributed by atoms with Gasteiger partial charge in [0, 0.05) is 10.2 Å². The smallest absolute Gasteiger partial charge is 0.376 e. The van der Waals surface area contributed by atoms with E-state index in [-0.39, 0.29) is 0 Å². The Bertz CT molecular complexity index is 322. The highest BCUT2D eigenvalue weighted by atomic mass is 79.9. The molecule has 1 nitrogen and oxygen atoms in total. The van der Waals surface area contributed by atoms with E-state index in [9.17, 15) is 13.2 Å². The normalized spacial score (nSPS) is 11.5. The first kappa shape index (κ1) is 11.4. The lowest BCUT2D eigenvalue weighted by atomic mass is 10.2. The Kier molecular flexibility index (Phi) is 3.42. The van der Waals surface area contributed by atoms with E-state index in [4.69, 9.17) is 0 Å². The maximum Gasteiger partial charge on any atom is 0.405 e. The van der Waals surface area contributed by atoms with Crippen LogP contribution in [0.5, 0.6) is 0 Å². The molecule has 5 heteroatoms. The van der Waals surface area contributed by atoms with E-state index in [0.717, 1.165) is 10.0 Å². The molecule has 0 fully saturated rings. The highest BCUT2D eigenvalue weighted by Gasteiger charge is 2.26. The van der Waals surface area contributed by atoms with Crippen LogP contribution in [-0.4, -0.2) is 12.7 Å². The van der Waals surface area contributed by atoms with Gasteiger partial charge < -0.3 is 5.32 Å². The average molecular weight is 268 g/mol. The quantitative estimate of drug-likeness (QED) is 0.861. The van der Waals surface area contributed by atoms with Crippen molar-refractivity contribution in [3.8, 4) is 0 Å². The van der Waals surface area contributed by atoms with Gasteiger partial charge in [-0.1, -0.05) is 15.9 Å². The third-order valence-electron chi connectivity index (χ3n) is 1.67. The Labute approximate surface area is 88.4 Å². The summed E-state index contributed by atoms with van der Waals surface area (Å²) >= 11 is 3.24. The molecule has 0 aliphatic rings. The Morgan fingerprint density at radius 1 is 1.36 bits per heavy atom. The summed E-state index contributed by atoms with van der Waals surface area (Å²) in [6.45, 7) is 0.749. The highest BCUT2D eigenvalue weighted by Crippen LogP contribution is 2.22. The van der Waals surface area contributed by atoms with Gasteiger partial charge in [0.05, 0.1) is 0 Å². The lowest BCUT2D eigenvalue weighted by Gasteiger charge is -2.11. The van der Waals surface area contributed by atoms with E-state index in [1.807, 2.05) is 0 Å². The number of nitrogens with one attached hydrogen (secondary N) is 1. The molecule has 1 rings (SSSR count). The number of hydrogen-bond acceptors (Lipinski definition) is 1. The molecule has 1 aromatic rings. The van der Waals surface area contributed by atoms with Gasteiger partial charge >= 0.3 is 6.18 Å². The van der Waals surface area contributed by atoms with Crippen molar-refractivity contribution in [1.82, 2.24) is 0 Å². The first-order valence-corrected chi connectivity index (χ1v) is 4.74. The van der Waals surface area contributed by atoms with Crippen LogP contribution < -0.4 is 5.32 Å². The zero-order valence-corrected chi connectivity index (χ0v) is 9.04. The van der Waals surface area contributed by atoms with Crippen molar-refractivity contribution >= 4 is 21.6 Å². The van der Waals surface area contributed by atoms with Crippen molar-refractivity contribution in [2.45, 2.75) is 13.1 Å². The van der Waals surface area contributed by atoms with Gasteiger partial charge in [-0.25, -0.2) is 0 Å². The molecular formula is C9H9BrF3N. The Balaban J connectivity index is 2.68. The van der Waals surface area contributed by atoms with Crippen molar-refractivity contribution in [2.75, 3.05) is 11.9 Å². The molecule has 0 bridgehead atoms. The fraction of sp³-hybridized carbons (Fsp3) is 0.333. The second-order valence-corrected chi connectivity index (χ2v) is 3.84. The third-order valence-corrected chi connectivity index (χ3v) is 2.16. The van der Waals surface area contributed by atoms with E-state index >= 15 is 0 Å². The second-order valence-electron chi connectivity index (χ2n) is 2.93. The van der Waals surface area contributed by atoms with Crippen molar-refractivity contribution in [3.05, 3.63) is 28.2 Å². The fourth-order valence-electron chi connectivity index (χ4n) is 1.02. The number of hydrogen-bond donors (Lipinski definition) is 1. The maximum atomic E-state index is 11.9. The van der Waals surface area contributed by atoms with Gasteiger partial charge in [-0.05, 0) is 30.7 Å². The summed E-state index contributed by atoms with van der Waals surface area (Å²) in [4.78, 5) is 0. The number of anilines is 1. The van der Waals surface area contributed by atoms with Gasteiger partial charge in [-0.3, -0.25) is 0 Å². The molecule has 0 atom stereocenters. The summed E-state index contributed by atoms with van der Waals surface area (Å²) in [6, 6.07) is 5.08. The predicted octanol–water partition coefficient (Wildman–Crippen LogP) is 3.73. The molecule has 14 heavy (non-hydrogen) atoms. The highest BCUT2D eigenvalue weighted by molar-refractivity contribution is 9.10. The minimum Gasteiger partial charge on any atom is -0.376 e. The van der Waals surface area contributed by atoms with Gasteiger partial charge in [0.15, 0.2) is 0 Å². The molecule has 0 aliphatic heterocycles. The van der Waals surface area contributed by atoms with Crippen LogP contribution in [0.2, 0.25) is 0 Å². The lowest BCUT2D eigenvalue weighted by Crippen LogP contribution is -2.21. The molecule has 0 aliphatic carbocycles. The SMILES string of the molecule is Cc1cc(Br)ccc1NCC(F)(F)F. The number of alkyl halides is 3. The van der Waals surface area contributed by atoms with Crippen LogP contribution in [0.3, 0.4) is 0 Å². The zero-order chi connectivity index (χ0) is 10.8. The zero-order valence-electron chi connectivity index (χ0n) is 7.45. The summed E-state index contributed by atoms with van der Waals surface area (Å²) in [7, 11) is 0. The van der Waals surface area contributed by atoms with Crippen molar-refractivity contribution in [2.24, 2.45) is 0 Å². The number of aryl methyl sites for hydroxylation is 1. The molecular weight excluding hydrogens is 259 g/mol. The summed E-state index contributed by atoms with van der Waals surface area (Å²) in [5, 5.41) is 2.33. The molecule has 0 heterocycles. The molecule has 1 N–H and O–H groups in total. The molecule has 0 spiro atoms. The molecule has 78 valence electrons. The fourth-order valence-corrected chi connectivity index (χ4v) is 1.50. The molecule has 0 saturated carbocycles. The first-order valence-electron chi connectivity index (χ1n) is 3.95. The largest absolute Gasteiger partial charge is 0.405 e.